The van der Waals surface area contributed by atoms with E-state index in [1.54, 1.807) is 48.7 Å². The van der Waals surface area contributed by atoms with Crippen LogP contribution in [0.1, 0.15) is 6.42 Å². The van der Waals surface area contributed by atoms with E-state index in [1.165, 1.54) is 40.6 Å². The van der Waals surface area contributed by atoms with Gasteiger partial charge in [-0.05, 0) is 30.3 Å². The number of fused-ring (bicyclic) bond motifs is 1. The third-order valence-electron chi connectivity index (χ3n) is 5.39. The van der Waals surface area contributed by atoms with Crippen LogP contribution < -0.4 is 15.4 Å². The monoisotopic (exact) mass is 545 g/mol. The van der Waals surface area contributed by atoms with E-state index in [1.807, 2.05) is 0 Å². The molecule has 0 bridgehead atoms. The van der Waals surface area contributed by atoms with Crippen molar-refractivity contribution in [1.29, 1.82) is 0 Å². The van der Waals surface area contributed by atoms with E-state index in [2.05, 4.69) is 20.6 Å². The minimum absolute atomic E-state index is 0.0667. The molecule has 5 aromatic rings. The van der Waals surface area contributed by atoms with Gasteiger partial charge in [0.1, 0.15) is 18.7 Å². The lowest BCUT2D eigenvalue weighted by Gasteiger charge is -2.10. The summed E-state index contributed by atoms with van der Waals surface area (Å²) in [6, 6.07) is 16.1. The molecule has 10 nitrogen and oxygen atoms in total. The first-order valence-corrected chi connectivity index (χ1v) is 12.4. The zero-order chi connectivity index (χ0) is 27.4. The van der Waals surface area contributed by atoms with Crippen LogP contribution in [0.15, 0.2) is 79.4 Å². The number of carbonyl (C=O) groups is 3. The van der Waals surface area contributed by atoms with Crippen molar-refractivity contribution in [1.82, 2.24) is 14.5 Å². The van der Waals surface area contributed by atoms with Gasteiger partial charge in [-0.15, -0.1) is 11.3 Å². The number of carboxylic acids is 1. The number of benzene rings is 2. The predicted molar refractivity (Wildman–Crippen MR) is 143 cm³/mol. The number of carboxylic acid groups (broad SMARTS) is 1. The molecule has 0 saturated carbocycles. The van der Waals surface area contributed by atoms with Crippen molar-refractivity contribution in [2.24, 2.45) is 0 Å². The molecule has 0 aliphatic rings. The van der Waals surface area contributed by atoms with Gasteiger partial charge in [-0.3, -0.25) is 19.4 Å². The molecule has 0 fully saturated rings. The molecule has 0 unspecified atom stereocenters. The number of anilines is 2. The van der Waals surface area contributed by atoms with Crippen LogP contribution >= 0.6 is 11.3 Å². The molecule has 3 N–H and O–H groups in total. The van der Waals surface area contributed by atoms with Gasteiger partial charge < -0.3 is 25.0 Å². The smallest absolute Gasteiger partial charge is 0.323 e. The number of halogens is 1. The molecule has 0 saturated heterocycles. The molecule has 39 heavy (non-hydrogen) atoms. The summed E-state index contributed by atoms with van der Waals surface area (Å²) in [5, 5.41) is 14.1. The average Bonchev–Trinajstić information content (AvgIpc) is 3.53. The second-order valence-electron chi connectivity index (χ2n) is 8.35. The van der Waals surface area contributed by atoms with E-state index in [-0.39, 0.29) is 18.0 Å². The topological polar surface area (TPSA) is 135 Å². The molecule has 0 spiro atoms. The molecular formula is C27H20FN5O5S. The van der Waals surface area contributed by atoms with Crippen LogP contribution in [-0.4, -0.2) is 37.4 Å². The van der Waals surface area contributed by atoms with Gasteiger partial charge >= 0.3 is 5.97 Å². The van der Waals surface area contributed by atoms with Crippen LogP contribution in [0, 0.1) is 5.82 Å². The van der Waals surface area contributed by atoms with Gasteiger partial charge in [-0.1, -0.05) is 18.2 Å². The Morgan fingerprint density at radius 3 is 2.46 bits per heavy atom. The summed E-state index contributed by atoms with van der Waals surface area (Å²) < 4.78 is 22.8. The van der Waals surface area contributed by atoms with Crippen LogP contribution in [0.4, 0.5) is 15.8 Å². The first-order chi connectivity index (χ1) is 18.8. The minimum Gasteiger partial charge on any atom is -0.480 e. The number of ether oxygens (including phenoxy) is 1. The predicted octanol–water partition coefficient (Wildman–Crippen LogP) is 5.14. The maximum Gasteiger partial charge on any atom is 0.323 e. The number of rotatable bonds is 9. The zero-order valence-corrected chi connectivity index (χ0v) is 20.9. The van der Waals surface area contributed by atoms with E-state index in [0.717, 1.165) is 10.9 Å². The molecule has 0 atom stereocenters. The van der Waals surface area contributed by atoms with Crippen LogP contribution in [0.5, 0.6) is 11.5 Å². The lowest BCUT2D eigenvalue weighted by molar-refractivity contribution is -0.137. The highest BCUT2D eigenvalue weighted by Gasteiger charge is 2.16. The Kier molecular flexibility index (Phi) is 7.28. The highest BCUT2D eigenvalue weighted by Crippen LogP contribution is 2.39. The average molecular weight is 546 g/mol. The van der Waals surface area contributed by atoms with E-state index in [9.17, 15) is 18.8 Å². The molecule has 2 aromatic carbocycles. The Morgan fingerprint density at radius 2 is 1.72 bits per heavy atom. The van der Waals surface area contributed by atoms with Crippen molar-refractivity contribution in [3.05, 3.63) is 85.2 Å². The number of imidazole rings is 1. The summed E-state index contributed by atoms with van der Waals surface area (Å²) in [6.07, 6.45) is 4.16. The zero-order valence-electron chi connectivity index (χ0n) is 20.1. The van der Waals surface area contributed by atoms with Gasteiger partial charge in [0, 0.05) is 35.9 Å². The van der Waals surface area contributed by atoms with Crippen LogP contribution in [-0.2, 0) is 20.9 Å². The van der Waals surface area contributed by atoms with Crippen molar-refractivity contribution in [2.75, 3.05) is 10.6 Å². The fraction of sp³-hybridized carbons (Fsp3) is 0.0741. The molecule has 5 rings (SSSR count). The van der Waals surface area contributed by atoms with E-state index < -0.39 is 30.0 Å². The minimum atomic E-state index is -0.978. The first-order valence-electron chi connectivity index (χ1n) is 11.6. The third-order valence-corrected chi connectivity index (χ3v) is 6.55. The number of aromatic nitrogens is 3. The number of thiophene rings is 1. The summed E-state index contributed by atoms with van der Waals surface area (Å²) in [4.78, 5) is 44.6. The lowest BCUT2D eigenvalue weighted by Crippen LogP contribution is -2.21. The van der Waals surface area contributed by atoms with E-state index in [0.29, 0.717) is 27.3 Å². The molecule has 3 aromatic heterocycles. The Bertz CT molecular complexity index is 1680. The summed E-state index contributed by atoms with van der Waals surface area (Å²) in [5.41, 5.74) is 1.93. The Labute approximate surface area is 224 Å². The first kappa shape index (κ1) is 25.5. The lowest BCUT2D eigenvalue weighted by atomic mass is 10.2. The number of hydrogen-bond donors (Lipinski definition) is 3. The van der Waals surface area contributed by atoms with E-state index >= 15 is 0 Å². The highest BCUT2D eigenvalue weighted by molar-refractivity contribution is 7.22. The Balaban J connectivity index is 1.26. The third kappa shape index (κ3) is 6.25. The van der Waals surface area contributed by atoms with E-state index in [4.69, 9.17) is 9.84 Å². The highest BCUT2D eigenvalue weighted by atomic mass is 32.1. The second-order valence-corrected chi connectivity index (χ2v) is 9.40. The molecule has 2 amide bonds. The number of para-hydroxylation sites is 1. The quantitative estimate of drug-likeness (QED) is 0.218. The van der Waals surface area contributed by atoms with Crippen molar-refractivity contribution in [2.45, 2.75) is 13.0 Å². The number of hydrogen-bond acceptors (Lipinski definition) is 7. The second kappa shape index (κ2) is 11.1. The largest absolute Gasteiger partial charge is 0.480 e. The van der Waals surface area contributed by atoms with Gasteiger partial charge in [0.2, 0.25) is 11.8 Å². The SMILES string of the molecule is O=C(O)Cn1cnc(-c2cc3nccc(Oc4ccc(NC(=O)CC(=O)Nc5ccccc5)cc4F)c3s2)c1. The number of nitrogens with one attached hydrogen (secondary N) is 2. The number of pyridine rings is 1. The van der Waals surface area contributed by atoms with Gasteiger partial charge in [-0.25, -0.2) is 9.37 Å². The molecule has 0 aliphatic heterocycles. The number of aliphatic carboxylic acids is 1. The standard InChI is InChI=1S/C27H20FN5O5S/c28-18-10-17(32-25(35)12-24(34)31-16-4-2-1-3-5-16)6-7-21(18)38-22-8-9-29-19-11-23(39-27(19)22)20-13-33(15-30-20)14-26(36)37/h1-11,13,15H,12,14H2,(H,31,34)(H,32,35)(H,36,37). The van der Waals surface area contributed by atoms with Gasteiger partial charge in [0.15, 0.2) is 11.6 Å². The summed E-state index contributed by atoms with van der Waals surface area (Å²) in [5.74, 6) is -2.48. The van der Waals surface area contributed by atoms with Gasteiger partial charge in [-0.2, -0.15) is 0 Å². The van der Waals surface area contributed by atoms with Crippen LogP contribution in [0.3, 0.4) is 0 Å². The summed E-state index contributed by atoms with van der Waals surface area (Å²) in [6.45, 7) is -0.207. The van der Waals surface area contributed by atoms with Crippen LogP contribution in [0.25, 0.3) is 20.8 Å². The van der Waals surface area contributed by atoms with Crippen molar-refractivity contribution in [3.8, 4) is 22.1 Å². The Hall–Kier alpha value is -5.10. The van der Waals surface area contributed by atoms with Crippen molar-refractivity contribution >= 4 is 50.7 Å². The molecule has 0 radical (unpaired) electrons. The molecule has 196 valence electrons. The van der Waals surface area contributed by atoms with Crippen molar-refractivity contribution in [3.63, 3.8) is 0 Å². The number of amides is 2. The number of carbonyl (C=O) groups excluding carboxylic acids is 2. The summed E-state index contributed by atoms with van der Waals surface area (Å²) in [7, 11) is 0. The normalized spacial score (nSPS) is 10.8. The number of nitrogens with zero attached hydrogens (tertiary/aromatic N) is 3. The fourth-order valence-electron chi connectivity index (χ4n) is 3.71. The molecule has 3 heterocycles. The maximum absolute atomic E-state index is 14.9. The fourth-order valence-corrected chi connectivity index (χ4v) is 4.74. The van der Waals surface area contributed by atoms with Crippen molar-refractivity contribution < 1.29 is 28.6 Å². The van der Waals surface area contributed by atoms with Gasteiger partial charge in [0.25, 0.3) is 0 Å². The summed E-state index contributed by atoms with van der Waals surface area (Å²) >= 11 is 1.32. The van der Waals surface area contributed by atoms with Crippen LogP contribution in [0.2, 0.25) is 0 Å². The molecule has 12 heteroatoms. The Morgan fingerprint density at radius 1 is 0.949 bits per heavy atom. The molecule has 0 aliphatic carbocycles. The van der Waals surface area contributed by atoms with Gasteiger partial charge in [0.05, 0.1) is 27.1 Å². The maximum atomic E-state index is 14.9. The molecular weight excluding hydrogens is 525 g/mol.